The summed E-state index contributed by atoms with van der Waals surface area (Å²) < 4.78 is 2.08. The van der Waals surface area contributed by atoms with Gasteiger partial charge in [0.2, 0.25) is 0 Å². The summed E-state index contributed by atoms with van der Waals surface area (Å²) in [6.45, 7) is 8.35. The third-order valence-electron chi connectivity index (χ3n) is 4.92. The van der Waals surface area contributed by atoms with Crippen molar-refractivity contribution < 1.29 is 0 Å². The van der Waals surface area contributed by atoms with E-state index in [0.717, 1.165) is 53.0 Å². The molecule has 2 heterocycles. The van der Waals surface area contributed by atoms with E-state index in [0.29, 0.717) is 0 Å². The molecule has 2 aliphatic rings. The van der Waals surface area contributed by atoms with Gasteiger partial charge in [0, 0.05) is 41.3 Å². The minimum absolute atomic E-state index is 0.196. The van der Waals surface area contributed by atoms with E-state index < -0.39 is 0 Å². The lowest BCUT2D eigenvalue weighted by atomic mass is 9.96. The van der Waals surface area contributed by atoms with E-state index in [1.54, 1.807) is 0 Å². The largest absolute Gasteiger partial charge is 0.314 e. The highest BCUT2D eigenvalue weighted by Crippen LogP contribution is 2.41. The van der Waals surface area contributed by atoms with Crippen LogP contribution in [0.25, 0.3) is 0 Å². The van der Waals surface area contributed by atoms with Crippen molar-refractivity contribution in [3.8, 4) is 0 Å². The van der Waals surface area contributed by atoms with Crippen LogP contribution in [0.15, 0.2) is 33.3 Å². The Morgan fingerprint density at radius 3 is 2.59 bits per heavy atom. The molecule has 1 atom stereocenters. The molecule has 0 spiro atoms. The molecule has 1 N–H and O–H groups in total. The zero-order valence-corrected chi connectivity index (χ0v) is 19.8. The smallest absolute Gasteiger partial charge is 0.0783 e. The lowest BCUT2D eigenvalue weighted by molar-refractivity contribution is 0.195. The molecule has 1 fully saturated rings. The van der Waals surface area contributed by atoms with Crippen LogP contribution < -0.4 is 5.32 Å². The van der Waals surface area contributed by atoms with E-state index in [-0.39, 0.29) is 6.04 Å². The van der Waals surface area contributed by atoms with Crippen LogP contribution in [-0.4, -0.2) is 36.1 Å². The predicted octanol–water partition coefficient (Wildman–Crippen LogP) is 5.77. The van der Waals surface area contributed by atoms with E-state index >= 15 is 0 Å². The van der Waals surface area contributed by atoms with Gasteiger partial charge in [-0.3, -0.25) is 9.88 Å². The molecule has 1 saturated heterocycles. The molecule has 3 nitrogen and oxygen atoms in total. The lowest BCUT2D eigenvalue weighted by Gasteiger charge is -2.36. The molecule has 0 bridgehead atoms. The molecular weight excluding hydrogens is 490 g/mol. The maximum absolute atomic E-state index is 6.38. The number of hydrogen-bond acceptors (Lipinski definition) is 3. The Bertz CT molecular complexity index is 791. The number of benzene rings is 1. The Balaban J connectivity index is 0.000000659. The van der Waals surface area contributed by atoms with Gasteiger partial charge in [-0.25, -0.2) is 0 Å². The zero-order chi connectivity index (χ0) is 19.4. The Labute approximate surface area is 184 Å². The van der Waals surface area contributed by atoms with Gasteiger partial charge >= 0.3 is 0 Å². The van der Waals surface area contributed by atoms with Gasteiger partial charge in [-0.15, -0.1) is 0 Å². The van der Waals surface area contributed by atoms with Gasteiger partial charge in [0.1, 0.15) is 0 Å². The first-order chi connectivity index (χ1) is 13.1. The highest BCUT2D eigenvalue weighted by atomic mass is 79.9. The third kappa shape index (κ3) is 4.76. The molecule has 1 aliphatic carbocycles. The van der Waals surface area contributed by atoms with E-state index in [1.165, 1.54) is 28.8 Å². The molecule has 2 aromatic rings. The number of aryl methyl sites for hydroxylation is 1. The first-order valence-electron chi connectivity index (χ1n) is 9.62. The van der Waals surface area contributed by atoms with Crippen molar-refractivity contribution >= 4 is 43.5 Å². The minimum Gasteiger partial charge on any atom is -0.314 e. The number of nitrogens with zero attached hydrogens (tertiary/aromatic N) is 2. The summed E-state index contributed by atoms with van der Waals surface area (Å²) in [4.78, 5) is 7.37. The molecule has 1 unspecified atom stereocenters. The fourth-order valence-electron chi connectivity index (χ4n) is 3.77. The van der Waals surface area contributed by atoms with Crippen molar-refractivity contribution in [3.63, 3.8) is 0 Å². The number of halogens is 3. The van der Waals surface area contributed by atoms with Gasteiger partial charge < -0.3 is 5.32 Å². The van der Waals surface area contributed by atoms with Gasteiger partial charge in [-0.1, -0.05) is 37.9 Å². The quantitative estimate of drug-likeness (QED) is 0.523. The summed E-state index contributed by atoms with van der Waals surface area (Å²) in [6.07, 6.45) is 5.13. The molecule has 1 aliphatic heterocycles. The van der Waals surface area contributed by atoms with Crippen molar-refractivity contribution in [3.05, 3.63) is 60.7 Å². The van der Waals surface area contributed by atoms with Crippen molar-refractivity contribution in [2.24, 2.45) is 0 Å². The van der Waals surface area contributed by atoms with Crippen molar-refractivity contribution in [1.82, 2.24) is 15.2 Å². The predicted molar refractivity (Wildman–Crippen MR) is 121 cm³/mol. The van der Waals surface area contributed by atoms with Crippen LogP contribution in [0.5, 0.6) is 0 Å². The first-order valence-corrected chi connectivity index (χ1v) is 11.6. The van der Waals surface area contributed by atoms with Gasteiger partial charge in [-0.2, -0.15) is 0 Å². The standard InChI is InChI=1S/C18H18Br2ClN3.C3H8/c19-12-9-11-1-2-13-14(3-4-15(21)16(13)20)18(17(11)23-10-12)24-7-5-22-6-8-24;1-3-2/h3-4,9-10,18,22H,1-2,5-8H2;3H2,1-2H3. The van der Waals surface area contributed by atoms with Crippen LogP contribution in [0.1, 0.15) is 48.7 Å². The monoisotopic (exact) mass is 513 g/mol. The average molecular weight is 516 g/mol. The lowest BCUT2D eigenvalue weighted by Crippen LogP contribution is -2.45. The molecule has 6 heteroatoms. The molecule has 27 heavy (non-hydrogen) atoms. The SMILES string of the molecule is CCC.Clc1ccc2c(c1Br)CCc1cc(Br)cnc1C2N1CCNCC1. The molecule has 4 rings (SSSR count). The Kier molecular flexibility index (Phi) is 7.74. The summed E-state index contributed by atoms with van der Waals surface area (Å²) in [5.41, 5.74) is 5.17. The first kappa shape index (κ1) is 21.3. The van der Waals surface area contributed by atoms with E-state index in [1.807, 2.05) is 12.3 Å². The molecule has 146 valence electrons. The number of rotatable bonds is 1. The van der Waals surface area contributed by atoms with Gasteiger partial charge in [0.15, 0.2) is 0 Å². The van der Waals surface area contributed by atoms with Gasteiger partial charge in [-0.05, 0) is 73.5 Å². The van der Waals surface area contributed by atoms with Crippen LogP contribution in [0, 0.1) is 0 Å². The summed E-state index contributed by atoms with van der Waals surface area (Å²) in [6, 6.07) is 6.61. The number of pyridine rings is 1. The fourth-order valence-corrected chi connectivity index (χ4v) is 4.89. The molecular formula is C21H26Br2ClN3. The Hall–Kier alpha value is -0.460. The third-order valence-corrected chi connectivity index (χ3v) is 6.80. The molecule has 0 amide bonds. The van der Waals surface area contributed by atoms with Gasteiger partial charge in [0.05, 0.1) is 16.8 Å². The van der Waals surface area contributed by atoms with Crippen LogP contribution in [0.2, 0.25) is 5.02 Å². The number of fused-ring (bicyclic) bond motifs is 2. The maximum Gasteiger partial charge on any atom is 0.0783 e. The summed E-state index contributed by atoms with van der Waals surface area (Å²) in [5.74, 6) is 0. The highest BCUT2D eigenvalue weighted by molar-refractivity contribution is 9.10. The number of hydrogen-bond donors (Lipinski definition) is 1. The number of piperazine rings is 1. The van der Waals surface area contributed by atoms with Crippen molar-refractivity contribution in [2.75, 3.05) is 26.2 Å². The van der Waals surface area contributed by atoms with Gasteiger partial charge in [0.25, 0.3) is 0 Å². The van der Waals surface area contributed by atoms with Crippen molar-refractivity contribution in [1.29, 1.82) is 0 Å². The summed E-state index contributed by atoms with van der Waals surface area (Å²) in [7, 11) is 0. The molecule has 0 saturated carbocycles. The second-order valence-corrected chi connectivity index (χ2v) is 9.14. The molecule has 0 radical (unpaired) electrons. The second-order valence-electron chi connectivity index (χ2n) is 7.02. The van der Waals surface area contributed by atoms with Crippen LogP contribution >= 0.6 is 43.5 Å². The number of aromatic nitrogens is 1. The van der Waals surface area contributed by atoms with E-state index in [2.05, 4.69) is 68.1 Å². The Morgan fingerprint density at radius 1 is 1.19 bits per heavy atom. The second kappa shape index (κ2) is 9.84. The average Bonchev–Trinajstić information content (AvgIpc) is 2.83. The Morgan fingerprint density at radius 2 is 1.89 bits per heavy atom. The van der Waals surface area contributed by atoms with Crippen LogP contribution in [0.3, 0.4) is 0 Å². The fraction of sp³-hybridized carbons (Fsp3) is 0.476. The van der Waals surface area contributed by atoms with E-state index in [4.69, 9.17) is 16.6 Å². The highest BCUT2D eigenvalue weighted by Gasteiger charge is 2.32. The maximum atomic E-state index is 6.38. The van der Waals surface area contributed by atoms with Crippen LogP contribution in [-0.2, 0) is 12.8 Å². The molecule has 1 aromatic heterocycles. The van der Waals surface area contributed by atoms with E-state index in [9.17, 15) is 0 Å². The zero-order valence-electron chi connectivity index (χ0n) is 15.9. The summed E-state index contributed by atoms with van der Waals surface area (Å²) in [5, 5.41) is 4.23. The van der Waals surface area contributed by atoms with Crippen LogP contribution in [0.4, 0.5) is 0 Å². The van der Waals surface area contributed by atoms with Crippen molar-refractivity contribution in [2.45, 2.75) is 39.2 Å². The summed E-state index contributed by atoms with van der Waals surface area (Å²) >= 11 is 13.7. The number of nitrogens with one attached hydrogen (secondary N) is 1. The minimum atomic E-state index is 0.196. The topological polar surface area (TPSA) is 28.2 Å². The molecule has 1 aromatic carbocycles. The normalized spacial score (nSPS) is 19.4.